The Balaban J connectivity index is 1.90. The minimum Gasteiger partial charge on any atom is -0.329 e. The summed E-state index contributed by atoms with van der Waals surface area (Å²) in [6.45, 7) is 7.15. The zero-order valence-corrected chi connectivity index (χ0v) is 15.4. The van der Waals surface area contributed by atoms with Gasteiger partial charge >= 0.3 is 6.03 Å². The van der Waals surface area contributed by atoms with Crippen molar-refractivity contribution in [2.75, 3.05) is 17.2 Å². The summed E-state index contributed by atoms with van der Waals surface area (Å²) in [6, 6.07) is 10.1. The summed E-state index contributed by atoms with van der Waals surface area (Å²) in [5, 5.41) is 7.93. The molecule has 0 bridgehead atoms. The first kappa shape index (κ1) is 19.2. The van der Waals surface area contributed by atoms with Crippen LogP contribution in [0.3, 0.4) is 0 Å². The van der Waals surface area contributed by atoms with Gasteiger partial charge in [0.15, 0.2) is 5.78 Å². The third kappa shape index (κ3) is 5.17. The van der Waals surface area contributed by atoms with Gasteiger partial charge in [-0.3, -0.25) is 9.59 Å². The maximum Gasteiger partial charge on any atom is 0.319 e. The standard InChI is InChI=1S/C20H23N3O3/c1-12-8-13(2)19(14(3)9-12)23-18(25)11-21-20(26)22-17-7-5-6-16(10-17)15(4)24/h5-10H,11H2,1-4H3,(H,23,25)(H2,21,22,26). The van der Waals surface area contributed by atoms with E-state index < -0.39 is 6.03 Å². The molecule has 2 rings (SSSR count). The van der Waals surface area contributed by atoms with E-state index in [4.69, 9.17) is 0 Å². The molecule has 0 heterocycles. The Kier molecular flexibility index (Phi) is 6.11. The molecule has 3 N–H and O–H groups in total. The fourth-order valence-corrected chi connectivity index (χ4v) is 2.71. The van der Waals surface area contributed by atoms with E-state index in [0.717, 1.165) is 22.4 Å². The molecule has 26 heavy (non-hydrogen) atoms. The number of nitrogens with one attached hydrogen (secondary N) is 3. The van der Waals surface area contributed by atoms with E-state index in [9.17, 15) is 14.4 Å². The van der Waals surface area contributed by atoms with E-state index in [-0.39, 0.29) is 18.2 Å². The molecular weight excluding hydrogens is 330 g/mol. The third-order valence-electron chi connectivity index (χ3n) is 3.88. The van der Waals surface area contributed by atoms with Gasteiger partial charge in [-0.15, -0.1) is 0 Å². The smallest absolute Gasteiger partial charge is 0.319 e. The molecule has 0 spiro atoms. The van der Waals surface area contributed by atoms with Gasteiger partial charge in [0.25, 0.3) is 0 Å². The highest BCUT2D eigenvalue weighted by molar-refractivity contribution is 5.99. The largest absolute Gasteiger partial charge is 0.329 e. The van der Waals surface area contributed by atoms with Crippen LogP contribution in [0.2, 0.25) is 0 Å². The molecule has 6 nitrogen and oxygen atoms in total. The number of amides is 3. The third-order valence-corrected chi connectivity index (χ3v) is 3.88. The lowest BCUT2D eigenvalue weighted by molar-refractivity contribution is -0.115. The molecule has 0 radical (unpaired) electrons. The average Bonchev–Trinajstić information content (AvgIpc) is 2.56. The Morgan fingerprint density at radius 2 is 1.58 bits per heavy atom. The van der Waals surface area contributed by atoms with E-state index in [0.29, 0.717) is 11.3 Å². The van der Waals surface area contributed by atoms with Crippen LogP contribution in [0.15, 0.2) is 36.4 Å². The van der Waals surface area contributed by atoms with Gasteiger partial charge in [0.05, 0.1) is 6.54 Å². The maximum atomic E-state index is 12.1. The quantitative estimate of drug-likeness (QED) is 0.718. The first-order valence-corrected chi connectivity index (χ1v) is 8.30. The van der Waals surface area contributed by atoms with Crippen LogP contribution in [0.5, 0.6) is 0 Å². The maximum absolute atomic E-state index is 12.1. The van der Waals surface area contributed by atoms with E-state index in [1.807, 2.05) is 32.9 Å². The van der Waals surface area contributed by atoms with Gasteiger partial charge in [-0.25, -0.2) is 4.79 Å². The summed E-state index contributed by atoms with van der Waals surface area (Å²) in [5.74, 6) is -0.398. The minimum absolute atomic E-state index is 0.0859. The summed E-state index contributed by atoms with van der Waals surface area (Å²) < 4.78 is 0. The molecule has 0 unspecified atom stereocenters. The fraction of sp³-hybridized carbons (Fsp3) is 0.250. The number of ketones is 1. The predicted octanol–water partition coefficient (Wildman–Crippen LogP) is 3.57. The van der Waals surface area contributed by atoms with Gasteiger partial charge < -0.3 is 16.0 Å². The average molecular weight is 353 g/mol. The number of benzene rings is 2. The van der Waals surface area contributed by atoms with Crippen LogP contribution in [0, 0.1) is 20.8 Å². The summed E-state index contributed by atoms with van der Waals surface area (Å²) >= 11 is 0. The van der Waals surface area contributed by atoms with Crippen LogP contribution in [-0.4, -0.2) is 24.3 Å². The van der Waals surface area contributed by atoms with Gasteiger partial charge in [-0.1, -0.05) is 29.8 Å². The summed E-state index contributed by atoms with van der Waals surface area (Å²) in [5.41, 5.74) is 4.83. The highest BCUT2D eigenvalue weighted by atomic mass is 16.2. The molecule has 2 aromatic rings. The van der Waals surface area contributed by atoms with E-state index >= 15 is 0 Å². The zero-order chi connectivity index (χ0) is 19.3. The number of aryl methyl sites for hydroxylation is 3. The number of urea groups is 1. The second-order valence-corrected chi connectivity index (χ2v) is 6.27. The van der Waals surface area contributed by atoms with Crippen LogP contribution >= 0.6 is 0 Å². The first-order valence-electron chi connectivity index (χ1n) is 8.30. The van der Waals surface area contributed by atoms with Crippen molar-refractivity contribution in [3.8, 4) is 0 Å². The lowest BCUT2D eigenvalue weighted by Crippen LogP contribution is -2.36. The van der Waals surface area contributed by atoms with Gasteiger partial charge in [0.1, 0.15) is 0 Å². The molecule has 0 aliphatic carbocycles. The number of Topliss-reactive ketones (excluding diaryl/α,β-unsaturated/α-hetero) is 1. The molecule has 0 atom stereocenters. The van der Waals surface area contributed by atoms with E-state index in [2.05, 4.69) is 16.0 Å². The predicted molar refractivity (Wildman–Crippen MR) is 103 cm³/mol. The lowest BCUT2D eigenvalue weighted by Gasteiger charge is -2.13. The van der Waals surface area contributed by atoms with Crippen molar-refractivity contribution in [2.24, 2.45) is 0 Å². The van der Waals surface area contributed by atoms with Crippen LogP contribution in [0.1, 0.15) is 34.0 Å². The number of rotatable bonds is 5. The van der Waals surface area contributed by atoms with Gasteiger partial charge in [0.2, 0.25) is 5.91 Å². The Bertz CT molecular complexity index is 836. The molecule has 0 saturated heterocycles. The minimum atomic E-state index is -0.516. The van der Waals surface area contributed by atoms with Crippen molar-refractivity contribution in [1.29, 1.82) is 0 Å². The number of anilines is 2. The Morgan fingerprint density at radius 3 is 2.19 bits per heavy atom. The zero-order valence-electron chi connectivity index (χ0n) is 15.4. The van der Waals surface area contributed by atoms with Crippen molar-refractivity contribution < 1.29 is 14.4 Å². The molecule has 0 aromatic heterocycles. The monoisotopic (exact) mass is 353 g/mol. The van der Waals surface area contributed by atoms with Crippen LogP contribution in [-0.2, 0) is 4.79 Å². The van der Waals surface area contributed by atoms with Crippen LogP contribution in [0.25, 0.3) is 0 Å². The molecule has 0 fully saturated rings. The molecular formula is C20H23N3O3. The van der Waals surface area contributed by atoms with Gasteiger partial charge in [-0.2, -0.15) is 0 Å². The normalized spacial score (nSPS) is 10.2. The lowest BCUT2D eigenvalue weighted by atomic mass is 10.1. The Labute approximate surface area is 153 Å². The van der Waals surface area contributed by atoms with Crippen molar-refractivity contribution in [3.05, 3.63) is 58.7 Å². The van der Waals surface area contributed by atoms with Crippen molar-refractivity contribution in [1.82, 2.24) is 5.32 Å². The molecule has 136 valence electrons. The number of hydrogen-bond donors (Lipinski definition) is 3. The summed E-state index contributed by atoms with van der Waals surface area (Å²) in [4.78, 5) is 35.4. The summed E-state index contributed by atoms with van der Waals surface area (Å²) in [6.07, 6.45) is 0. The number of carbonyl (C=O) groups is 3. The van der Waals surface area contributed by atoms with Crippen molar-refractivity contribution in [2.45, 2.75) is 27.7 Å². The molecule has 0 aliphatic heterocycles. The van der Waals surface area contributed by atoms with Crippen LogP contribution < -0.4 is 16.0 Å². The molecule has 2 aromatic carbocycles. The SMILES string of the molecule is CC(=O)c1cccc(NC(=O)NCC(=O)Nc2c(C)cc(C)cc2C)c1. The summed E-state index contributed by atoms with van der Waals surface area (Å²) in [7, 11) is 0. The Morgan fingerprint density at radius 1 is 0.923 bits per heavy atom. The van der Waals surface area contributed by atoms with Crippen molar-refractivity contribution in [3.63, 3.8) is 0 Å². The molecule has 0 aliphatic rings. The molecule has 0 saturated carbocycles. The molecule has 6 heteroatoms. The first-order chi connectivity index (χ1) is 12.3. The highest BCUT2D eigenvalue weighted by Crippen LogP contribution is 2.21. The number of carbonyl (C=O) groups excluding carboxylic acids is 3. The Hall–Kier alpha value is -3.15. The second-order valence-electron chi connectivity index (χ2n) is 6.27. The fourth-order valence-electron chi connectivity index (χ4n) is 2.71. The van der Waals surface area contributed by atoms with E-state index in [1.54, 1.807) is 24.3 Å². The second kappa shape index (κ2) is 8.29. The van der Waals surface area contributed by atoms with E-state index in [1.165, 1.54) is 6.92 Å². The molecule has 3 amide bonds. The van der Waals surface area contributed by atoms with Gasteiger partial charge in [-0.05, 0) is 51.0 Å². The van der Waals surface area contributed by atoms with Gasteiger partial charge in [0, 0.05) is 16.9 Å². The topological polar surface area (TPSA) is 87.3 Å². The van der Waals surface area contributed by atoms with Crippen LogP contribution in [0.4, 0.5) is 16.2 Å². The highest BCUT2D eigenvalue weighted by Gasteiger charge is 2.10. The van der Waals surface area contributed by atoms with Crippen molar-refractivity contribution >= 4 is 29.1 Å². The number of hydrogen-bond acceptors (Lipinski definition) is 3.